The van der Waals surface area contributed by atoms with Crippen molar-refractivity contribution in [3.05, 3.63) is 42.4 Å². The van der Waals surface area contributed by atoms with Crippen molar-refractivity contribution in [3.63, 3.8) is 0 Å². The fourth-order valence-corrected chi connectivity index (χ4v) is 3.19. The molecule has 2 aromatic heterocycles. The number of rotatable bonds is 6. The number of esters is 2. The number of H-pyrrole nitrogens is 2. The lowest BCUT2D eigenvalue weighted by Crippen LogP contribution is -2.24. The molecule has 0 saturated carbocycles. The smallest absolute Gasteiger partial charge is 0.348 e. The van der Waals surface area contributed by atoms with Crippen LogP contribution in [0.25, 0.3) is 0 Å². The second-order valence-electron chi connectivity index (χ2n) is 5.11. The SMILES string of the molecule is CCOC(=O)c1sc(/N=C/c2c(O)[nH]c(=O)[nH]c2=O)c(C(=O)OCC)c1C. The maximum Gasteiger partial charge on any atom is 0.348 e. The van der Waals surface area contributed by atoms with Gasteiger partial charge in [0.2, 0.25) is 5.88 Å². The lowest BCUT2D eigenvalue weighted by atomic mass is 10.1. The summed E-state index contributed by atoms with van der Waals surface area (Å²) >= 11 is 0.883. The van der Waals surface area contributed by atoms with E-state index in [2.05, 4.69) is 4.99 Å². The van der Waals surface area contributed by atoms with Crippen LogP contribution in [0.5, 0.6) is 5.88 Å². The molecule has 0 saturated heterocycles. The Morgan fingerprint density at radius 2 is 1.78 bits per heavy atom. The number of aromatic amines is 2. The third-order valence-electron chi connectivity index (χ3n) is 3.34. The predicted molar refractivity (Wildman–Crippen MR) is 97.6 cm³/mol. The molecule has 0 unspecified atom stereocenters. The molecular formula is C16H17N3O7S. The molecule has 0 spiro atoms. The first-order valence-corrected chi connectivity index (χ1v) is 8.69. The third-order valence-corrected chi connectivity index (χ3v) is 4.52. The van der Waals surface area contributed by atoms with Crippen LogP contribution in [-0.4, -0.2) is 46.4 Å². The number of aliphatic imine (C=N–C) groups is 1. The summed E-state index contributed by atoms with van der Waals surface area (Å²) in [6.07, 6.45) is 0.979. The third kappa shape index (κ3) is 4.31. The number of hydrogen-bond acceptors (Lipinski definition) is 9. The summed E-state index contributed by atoms with van der Waals surface area (Å²) in [6, 6.07) is 0. The van der Waals surface area contributed by atoms with Crippen LogP contribution in [-0.2, 0) is 9.47 Å². The van der Waals surface area contributed by atoms with Crippen LogP contribution in [0.1, 0.15) is 45.0 Å². The Labute approximate surface area is 156 Å². The van der Waals surface area contributed by atoms with Crippen molar-refractivity contribution in [1.82, 2.24) is 9.97 Å². The summed E-state index contributed by atoms with van der Waals surface area (Å²) in [7, 11) is 0. The van der Waals surface area contributed by atoms with Gasteiger partial charge in [-0.2, -0.15) is 0 Å². The monoisotopic (exact) mass is 395 g/mol. The second-order valence-corrected chi connectivity index (χ2v) is 6.11. The molecule has 0 aromatic carbocycles. The highest BCUT2D eigenvalue weighted by atomic mass is 32.1. The minimum Gasteiger partial charge on any atom is -0.494 e. The Balaban J connectivity index is 2.56. The molecule has 0 aliphatic heterocycles. The van der Waals surface area contributed by atoms with Crippen molar-refractivity contribution in [2.45, 2.75) is 20.8 Å². The van der Waals surface area contributed by atoms with Gasteiger partial charge in [0.05, 0.1) is 13.2 Å². The molecule has 0 atom stereocenters. The van der Waals surface area contributed by atoms with Crippen molar-refractivity contribution in [1.29, 1.82) is 0 Å². The summed E-state index contributed by atoms with van der Waals surface area (Å²) in [4.78, 5) is 55.4. The van der Waals surface area contributed by atoms with Gasteiger partial charge in [0.1, 0.15) is 21.0 Å². The fraction of sp³-hybridized carbons (Fsp3) is 0.312. The van der Waals surface area contributed by atoms with Gasteiger partial charge in [0.25, 0.3) is 5.56 Å². The van der Waals surface area contributed by atoms with Gasteiger partial charge in [-0.15, -0.1) is 11.3 Å². The number of carbonyl (C=O) groups is 2. The van der Waals surface area contributed by atoms with Crippen molar-refractivity contribution < 1.29 is 24.2 Å². The van der Waals surface area contributed by atoms with Crippen LogP contribution in [0.15, 0.2) is 14.6 Å². The molecule has 11 heteroatoms. The van der Waals surface area contributed by atoms with Crippen LogP contribution in [0.3, 0.4) is 0 Å². The molecule has 0 fully saturated rings. The summed E-state index contributed by atoms with van der Waals surface area (Å²) in [5.74, 6) is -1.98. The number of nitrogens with zero attached hydrogens (tertiary/aromatic N) is 1. The van der Waals surface area contributed by atoms with E-state index in [1.54, 1.807) is 20.8 Å². The zero-order valence-corrected chi connectivity index (χ0v) is 15.6. The number of aromatic hydroxyl groups is 1. The molecule has 0 amide bonds. The van der Waals surface area contributed by atoms with Crippen molar-refractivity contribution in [3.8, 4) is 5.88 Å². The van der Waals surface area contributed by atoms with E-state index in [4.69, 9.17) is 9.47 Å². The lowest BCUT2D eigenvalue weighted by Gasteiger charge is -2.03. The quantitative estimate of drug-likeness (QED) is 0.492. The summed E-state index contributed by atoms with van der Waals surface area (Å²) < 4.78 is 9.96. The van der Waals surface area contributed by atoms with E-state index in [1.807, 2.05) is 9.97 Å². The summed E-state index contributed by atoms with van der Waals surface area (Å²) in [6.45, 7) is 5.11. The number of thiophene rings is 1. The highest BCUT2D eigenvalue weighted by Crippen LogP contribution is 2.36. The first-order valence-electron chi connectivity index (χ1n) is 7.87. The van der Waals surface area contributed by atoms with Gasteiger partial charge in [0, 0.05) is 6.21 Å². The van der Waals surface area contributed by atoms with Crippen LogP contribution in [0, 0.1) is 6.92 Å². The lowest BCUT2D eigenvalue weighted by molar-refractivity contribution is 0.0527. The van der Waals surface area contributed by atoms with Gasteiger partial charge < -0.3 is 14.6 Å². The molecule has 10 nitrogen and oxygen atoms in total. The molecule has 144 valence electrons. The van der Waals surface area contributed by atoms with E-state index in [9.17, 15) is 24.3 Å². The molecule has 2 heterocycles. The average Bonchev–Trinajstić information content (AvgIpc) is 2.91. The topological polar surface area (TPSA) is 151 Å². The highest BCUT2D eigenvalue weighted by Gasteiger charge is 2.26. The molecule has 0 aliphatic carbocycles. The molecule has 3 N–H and O–H groups in total. The van der Waals surface area contributed by atoms with E-state index in [0.29, 0.717) is 5.56 Å². The van der Waals surface area contributed by atoms with Crippen molar-refractivity contribution >= 4 is 34.5 Å². The zero-order chi connectivity index (χ0) is 20.1. The number of ether oxygens (including phenoxy) is 2. The minimum absolute atomic E-state index is 0.0569. The van der Waals surface area contributed by atoms with Gasteiger partial charge in [-0.1, -0.05) is 0 Å². The van der Waals surface area contributed by atoms with E-state index in [0.717, 1.165) is 17.6 Å². The minimum atomic E-state index is -0.876. The van der Waals surface area contributed by atoms with Crippen LogP contribution < -0.4 is 11.2 Å². The Kier molecular flexibility index (Phi) is 6.29. The van der Waals surface area contributed by atoms with Gasteiger partial charge in [0.15, 0.2) is 0 Å². The van der Waals surface area contributed by atoms with Crippen molar-refractivity contribution in [2.24, 2.45) is 4.99 Å². The normalized spacial score (nSPS) is 10.9. The zero-order valence-electron chi connectivity index (χ0n) is 14.7. The maximum absolute atomic E-state index is 12.3. The van der Waals surface area contributed by atoms with Crippen LogP contribution in [0.4, 0.5) is 5.00 Å². The summed E-state index contributed by atoms with van der Waals surface area (Å²) in [5.41, 5.74) is -1.66. The Morgan fingerprint density at radius 1 is 1.15 bits per heavy atom. The highest BCUT2D eigenvalue weighted by molar-refractivity contribution is 7.18. The molecule has 0 bridgehead atoms. The molecular weight excluding hydrogens is 378 g/mol. The number of aromatic nitrogens is 2. The standard InChI is InChI=1S/C16H17N3O7S/c1-4-25-14(22)9-7(3)10(15(23)26-5-2)27-13(9)17-6-8-11(20)18-16(24)19-12(8)21/h6H,4-5H2,1-3H3,(H3,18,19,20,21,24)/b17-6+. The fourth-order valence-electron chi connectivity index (χ4n) is 2.15. The largest absolute Gasteiger partial charge is 0.494 e. The number of nitrogens with one attached hydrogen (secondary N) is 2. The molecule has 0 aliphatic rings. The van der Waals surface area contributed by atoms with E-state index >= 15 is 0 Å². The van der Waals surface area contributed by atoms with E-state index in [-0.39, 0.29) is 34.2 Å². The molecule has 2 aromatic rings. The second kappa shape index (κ2) is 8.45. The van der Waals surface area contributed by atoms with E-state index in [1.165, 1.54) is 0 Å². The molecule has 0 radical (unpaired) electrons. The average molecular weight is 395 g/mol. The number of hydrogen-bond donors (Lipinski definition) is 3. The Bertz CT molecular complexity index is 1020. The van der Waals surface area contributed by atoms with Crippen LogP contribution >= 0.6 is 11.3 Å². The van der Waals surface area contributed by atoms with Gasteiger partial charge in [-0.05, 0) is 26.3 Å². The first-order chi connectivity index (χ1) is 12.8. The molecule has 2 rings (SSSR count). The van der Waals surface area contributed by atoms with E-state index < -0.39 is 29.1 Å². The predicted octanol–water partition coefficient (Wildman–Crippen LogP) is 1.24. The van der Waals surface area contributed by atoms with Gasteiger partial charge >= 0.3 is 17.6 Å². The van der Waals surface area contributed by atoms with Gasteiger partial charge in [-0.25, -0.2) is 19.4 Å². The Morgan fingerprint density at radius 3 is 2.37 bits per heavy atom. The van der Waals surface area contributed by atoms with Crippen LogP contribution in [0.2, 0.25) is 0 Å². The Hall–Kier alpha value is -3.21. The summed E-state index contributed by atoms with van der Waals surface area (Å²) in [5, 5.41) is 9.80. The molecule has 27 heavy (non-hydrogen) atoms. The maximum atomic E-state index is 12.3. The van der Waals surface area contributed by atoms with Crippen molar-refractivity contribution in [2.75, 3.05) is 13.2 Å². The first kappa shape index (κ1) is 20.1. The van der Waals surface area contributed by atoms with Gasteiger partial charge in [-0.3, -0.25) is 14.8 Å². The number of carbonyl (C=O) groups excluding carboxylic acids is 2.